The summed E-state index contributed by atoms with van der Waals surface area (Å²) in [5, 5.41) is 0. The molecule has 0 aliphatic carbocycles. The zero-order valence-corrected chi connectivity index (χ0v) is 7.46. The first-order chi connectivity index (χ1) is 5.75. The smallest absolute Gasteiger partial charge is 0.155 e. The molecule has 0 saturated carbocycles. The third-order valence-electron chi connectivity index (χ3n) is 2.40. The van der Waals surface area contributed by atoms with Crippen LogP contribution in [0.25, 0.3) is 0 Å². The molecule has 2 unspecified atom stereocenters. The minimum atomic E-state index is -1.73. The van der Waals surface area contributed by atoms with Crippen LogP contribution in [-0.2, 0) is 20.6 Å². The Hall–Kier alpha value is 0.0300. The van der Waals surface area contributed by atoms with E-state index in [-0.39, 0.29) is 18.0 Å². The van der Waals surface area contributed by atoms with Gasteiger partial charge in [-0.2, -0.15) is 0 Å². The molecule has 4 nitrogen and oxygen atoms in total. The average molecular weight is 192 g/mol. The van der Waals surface area contributed by atoms with Crippen LogP contribution in [-0.4, -0.2) is 39.9 Å². The van der Waals surface area contributed by atoms with Gasteiger partial charge >= 0.3 is 0 Å². The molecule has 2 rings (SSSR count). The van der Waals surface area contributed by atoms with Gasteiger partial charge in [-0.25, -0.2) is 4.21 Å². The van der Waals surface area contributed by atoms with Crippen LogP contribution < -0.4 is 0 Å². The normalized spacial score (nSPS) is 42.9. The molecule has 0 aromatic carbocycles. The monoisotopic (exact) mass is 192 g/mol. The summed E-state index contributed by atoms with van der Waals surface area (Å²) < 4.78 is 29.8. The second kappa shape index (κ2) is 3.41. The lowest BCUT2D eigenvalue weighted by Gasteiger charge is -2.08. The third kappa shape index (κ3) is 1.69. The van der Waals surface area contributed by atoms with Crippen LogP contribution >= 0.6 is 0 Å². The predicted octanol–water partition coefficient (Wildman–Crippen LogP) is 0.0120. The summed E-state index contributed by atoms with van der Waals surface area (Å²) >= 11 is -1.73. The lowest BCUT2D eigenvalue weighted by atomic mass is 10.0. The molecule has 0 spiro atoms. The van der Waals surface area contributed by atoms with Crippen molar-refractivity contribution in [3.8, 4) is 0 Å². The highest BCUT2D eigenvalue weighted by Crippen LogP contribution is 2.31. The quantitative estimate of drug-likeness (QED) is 0.626. The minimum Gasteiger partial charge on any atom is -0.378 e. The Bertz CT molecular complexity index is 184. The summed E-state index contributed by atoms with van der Waals surface area (Å²) in [5.74, 6) is 0.700. The molecule has 2 saturated heterocycles. The number of hydrogen-bond acceptors (Lipinski definition) is 3. The van der Waals surface area contributed by atoms with E-state index >= 15 is 0 Å². The van der Waals surface area contributed by atoms with Crippen molar-refractivity contribution in [3.63, 3.8) is 0 Å². The molecule has 1 N–H and O–H groups in total. The van der Waals surface area contributed by atoms with Crippen LogP contribution in [0.15, 0.2) is 0 Å². The predicted molar refractivity (Wildman–Crippen MR) is 43.2 cm³/mol. The van der Waals surface area contributed by atoms with E-state index in [1.807, 2.05) is 0 Å². The molecule has 12 heavy (non-hydrogen) atoms. The zero-order valence-electron chi connectivity index (χ0n) is 6.64. The maximum absolute atomic E-state index is 10.5. The van der Waals surface area contributed by atoms with E-state index in [2.05, 4.69) is 0 Å². The Kier molecular flexibility index (Phi) is 2.45. The van der Waals surface area contributed by atoms with Gasteiger partial charge in [0, 0.05) is 5.92 Å². The first-order valence-electron chi connectivity index (χ1n) is 4.06. The van der Waals surface area contributed by atoms with Crippen LogP contribution in [0.4, 0.5) is 0 Å². The van der Waals surface area contributed by atoms with Gasteiger partial charge in [-0.3, -0.25) is 0 Å². The summed E-state index contributed by atoms with van der Waals surface area (Å²) in [6.45, 7) is 1.40. The van der Waals surface area contributed by atoms with Gasteiger partial charge in [0.15, 0.2) is 11.1 Å². The zero-order chi connectivity index (χ0) is 8.55. The Morgan fingerprint density at radius 3 is 3.00 bits per heavy atom. The molecule has 0 aromatic heterocycles. The lowest BCUT2D eigenvalue weighted by molar-refractivity contribution is 0.0299. The van der Waals surface area contributed by atoms with E-state index in [9.17, 15) is 4.21 Å². The maximum Gasteiger partial charge on any atom is 0.155 e. The number of fused-ring (bicyclic) bond motifs is 1. The molecule has 70 valence electrons. The van der Waals surface area contributed by atoms with Crippen molar-refractivity contribution < 1.29 is 18.2 Å². The molecule has 0 aromatic rings. The third-order valence-corrected chi connectivity index (χ3v) is 3.06. The minimum absolute atomic E-state index is 0.0327. The first-order valence-corrected chi connectivity index (χ1v) is 5.34. The molecule has 0 amide bonds. The molecule has 2 fully saturated rings. The molecule has 2 heterocycles. The van der Waals surface area contributed by atoms with Gasteiger partial charge in [-0.1, -0.05) is 0 Å². The van der Waals surface area contributed by atoms with Crippen molar-refractivity contribution >= 4 is 11.1 Å². The first kappa shape index (κ1) is 8.62. The van der Waals surface area contributed by atoms with E-state index in [4.69, 9.17) is 14.0 Å². The molecule has 0 radical (unpaired) electrons. The van der Waals surface area contributed by atoms with E-state index in [0.717, 1.165) is 13.0 Å². The molecule has 2 aliphatic rings. The number of hydrogen-bond donors (Lipinski definition) is 1. The van der Waals surface area contributed by atoms with Gasteiger partial charge < -0.3 is 14.0 Å². The van der Waals surface area contributed by atoms with Crippen molar-refractivity contribution in [3.05, 3.63) is 0 Å². The Labute approximate surface area is 73.5 Å². The highest BCUT2D eigenvalue weighted by atomic mass is 32.2. The van der Waals surface area contributed by atoms with E-state index in [1.54, 1.807) is 0 Å². The second-order valence-electron chi connectivity index (χ2n) is 3.32. The van der Waals surface area contributed by atoms with E-state index < -0.39 is 11.1 Å². The molecule has 4 atom stereocenters. The van der Waals surface area contributed by atoms with Crippen LogP contribution in [0.3, 0.4) is 0 Å². The van der Waals surface area contributed by atoms with E-state index in [1.165, 1.54) is 0 Å². The standard InChI is InChI=1S/C7H12O4S/c8-12(9)4-6-1-5-2-10-3-7(5)11-6/h5-7H,1-4H2,(H,8,9)/t5-,6?,7+/m0/s1. The fourth-order valence-corrected chi connectivity index (χ4v) is 2.39. The van der Waals surface area contributed by atoms with Gasteiger partial charge in [-0.15, -0.1) is 0 Å². The summed E-state index contributed by atoms with van der Waals surface area (Å²) in [5.41, 5.74) is 0. The second-order valence-corrected chi connectivity index (χ2v) is 4.29. The fraction of sp³-hybridized carbons (Fsp3) is 1.00. The van der Waals surface area contributed by atoms with Crippen molar-refractivity contribution in [2.45, 2.75) is 18.6 Å². The summed E-state index contributed by atoms with van der Waals surface area (Å²) in [4.78, 5) is 0. The SMILES string of the molecule is O=S(O)CC1C[C@H]2COC[C@H]2O1. The maximum atomic E-state index is 10.5. The van der Waals surface area contributed by atoms with Gasteiger partial charge in [0.05, 0.1) is 31.2 Å². The van der Waals surface area contributed by atoms with Gasteiger partial charge in [0.2, 0.25) is 0 Å². The highest BCUT2D eigenvalue weighted by molar-refractivity contribution is 7.79. The van der Waals surface area contributed by atoms with E-state index in [0.29, 0.717) is 12.5 Å². The highest BCUT2D eigenvalue weighted by Gasteiger charge is 2.39. The summed E-state index contributed by atoms with van der Waals surface area (Å²) in [6.07, 6.45) is 1.02. The van der Waals surface area contributed by atoms with Crippen LogP contribution in [0.5, 0.6) is 0 Å². The molecule has 2 aliphatic heterocycles. The lowest BCUT2D eigenvalue weighted by Crippen LogP contribution is -2.19. The van der Waals surface area contributed by atoms with Crippen LogP contribution in [0.2, 0.25) is 0 Å². The van der Waals surface area contributed by atoms with Gasteiger partial charge in [-0.05, 0) is 6.42 Å². The average Bonchev–Trinajstić information content (AvgIpc) is 2.43. The fourth-order valence-electron chi connectivity index (χ4n) is 1.86. The largest absolute Gasteiger partial charge is 0.378 e. The Morgan fingerprint density at radius 1 is 1.50 bits per heavy atom. The molecular weight excluding hydrogens is 180 g/mol. The summed E-state index contributed by atoms with van der Waals surface area (Å²) in [6, 6.07) is 0. The molecular formula is C7H12O4S. The number of ether oxygens (including phenoxy) is 2. The summed E-state index contributed by atoms with van der Waals surface area (Å²) in [7, 11) is 0. The van der Waals surface area contributed by atoms with Crippen LogP contribution in [0, 0.1) is 5.92 Å². The van der Waals surface area contributed by atoms with Crippen molar-refractivity contribution in [1.29, 1.82) is 0 Å². The Balaban J connectivity index is 1.86. The van der Waals surface area contributed by atoms with Crippen molar-refractivity contribution in [2.75, 3.05) is 19.0 Å². The van der Waals surface area contributed by atoms with Crippen molar-refractivity contribution in [2.24, 2.45) is 5.92 Å². The van der Waals surface area contributed by atoms with Gasteiger partial charge in [0.1, 0.15) is 0 Å². The topological polar surface area (TPSA) is 55.8 Å². The molecule has 0 bridgehead atoms. The number of rotatable bonds is 2. The van der Waals surface area contributed by atoms with Crippen molar-refractivity contribution in [1.82, 2.24) is 0 Å². The van der Waals surface area contributed by atoms with Gasteiger partial charge in [0.25, 0.3) is 0 Å². The molecule has 5 heteroatoms. The Morgan fingerprint density at radius 2 is 2.33 bits per heavy atom. The van der Waals surface area contributed by atoms with Crippen LogP contribution in [0.1, 0.15) is 6.42 Å².